The number of benzene rings is 2. The van der Waals surface area contributed by atoms with E-state index < -0.39 is 23.5 Å². The number of hydrogen-bond donors (Lipinski definition) is 1. The first-order valence-corrected chi connectivity index (χ1v) is 7.38. The van der Waals surface area contributed by atoms with Crippen LogP contribution in [0.2, 0.25) is 0 Å². The van der Waals surface area contributed by atoms with Crippen molar-refractivity contribution in [1.29, 1.82) is 0 Å². The van der Waals surface area contributed by atoms with Crippen molar-refractivity contribution in [2.75, 3.05) is 6.54 Å². The lowest BCUT2D eigenvalue weighted by atomic mass is 9.96. The number of ether oxygens (including phenoxy) is 1. The van der Waals surface area contributed by atoms with Crippen molar-refractivity contribution in [3.63, 3.8) is 0 Å². The molecule has 1 heterocycles. The highest BCUT2D eigenvalue weighted by Crippen LogP contribution is 2.43. The van der Waals surface area contributed by atoms with Gasteiger partial charge in [0.2, 0.25) is 0 Å². The molecule has 2 N–H and O–H groups in total. The summed E-state index contributed by atoms with van der Waals surface area (Å²) in [5.41, 5.74) is 3.52. The Labute approximate surface area is 151 Å². The summed E-state index contributed by atoms with van der Waals surface area (Å²) in [5, 5.41) is 0. The number of fused-ring (bicyclic) bond motifs is 1. The largest absolute Gasteiger partial charge is 0.488 e. The zero-order chi connectivity index (χ0) is 18.4. The van der Waals surface area contributed by atoms with Crippen LogP contribution in [0.1, 0.15) is 16.7 Å². The first-order chi connectivity index (χ1) is 11.6. The molecule has 26 heavy (non-hydrogen) atoms. The molecule has 142 valence electrons. The van der Waals surface area contributed by atoms with Crippen molar-refractivity contribution in [2.45, 2.75) is 24.9 Å². The van der Waals surface area contributed by atoms with Crippen LogP contribution in [0.15, 0.2) is 36.4 Å². The maximum Gasteiger partial charge on any atom is 0.416 e. The summed E-state index contributed by atoms with van der Waals surface area (Å²) in [7, 11) is 0. The van der Waals surface area contributed by atoms with Gasteiger partial charge >= 0.3 is 12.4 Å². The van der Waals surface area contributed by atoms with Crippen molar-refractivity contribution in [3.8, 4) is 16.9 Å². The fourth-order valence-electron chi connectivity index (χ4n) is 2.81. The van der Waals surface area contributed by atoms with Gasteiger partial charge in [-0.05, 0) is 29.3 Å². The molecule has 2 aromatic carbocycles. The summed E-state index contributed by atoms with van der Waals surface area (Å²) in [4.78, 5) is 0. The van der Waals surface area contributed by atoms with Gasteiger partial charge in [-0.1, -0.05) is 18.2 Å². The van der Waals surface area contributed by atoms with Gasteiger partial charge in [0.1, 0.15) is 11.9 Å². The van der Waals surface area contributed by atoms with E-state index in [1.54, 1.807) is 12.1 Å². The molecule has 0 spiro atoms. The van der Waals surface area contributed by atoms with Gasteiger partial charge in [-0.25, -0.2) is 0 Å². The standard InChI is InChI=1S/C17H13F6NO.ClH/c18-16(19,20)11-4-10(5-12(7-11)17(21,22)23)14-3-1-2-9-6-13(8-24)25-15(9)14;/h1-5,7,13H,6,8,24H2;1H. The Balaban J connectivity index is 0.00000243. The van der Waals surface area contributed by atoms with E-state index in [0.717, 1.165) is 0 Å². The van der Waals surface area contributed by atoms with E-state index in [-0.39, 0.29) is 48.0 Å². The maximum absolute atomic E-state index is 13.0. The van der Waals surface area contributed by atoms with Crippen molar-refractivity contribution >= 4 is 12.4 Å². The quantitative estimate of drug-likeness (QED) is 0.718. The SMILES string of the molecule is Cl.NCC1Cc2cccc(-c3cc(C(F)(F)F)cc(C(F)(F)F)c3)c2O1. The maximum atomic E-state index is 13.0. The Morgan fingerprint density at radius 2 is 1.54 bits per heavy atom. The molecule has 0 radical (unpaired) electrons. The molecule has 0 saturated carbocycles. The number of alkyl halides is 6. The predicted octanol–water partition coefficient (Wildman–Crippen LogP) is 5.08. The lowest BCUT2D eigenvalue weighted by Gasteiger charge is -2.16. The second-order valence-electron chi connectivity index (χ2n) is 5.77. The number of nitrogens with two attached hydrogens (primary N) is 1. The van der Waals surface area contributed by atoms with Gasteiger partial charge in [0.15, 0.2) is 0 Å². The molecule has 1 unspecified atom stereocenters. The molecule has 2 nitrogen and oxygen atoms in total. The van der Waals surface area contributed by atoms with Gasteiger partial charge in [0.05, 0.1) is 11.1 Å². The third kappa shape index (κ3) is 3.91. The predicted molar refractivity (Wildman–Crippen MR) is 86.3 cm³/mol. The summed E-state index contributed by atoms with van der Waals surface area (Å²) in [6.45, 7) is 0.199. The van der Waals surface area contributed by atoms with Crippen LogP contribution in [0.5, 0.6) is 5.75 Å². The van der Waals surface area contributed by atoms with Crippen LogP contribution in [0.3, 0.4) is 0 Å². The molecule has 0 fully saturated rings. The minimum atomic E-state index is -4.89. The third-order valence-corrected chi connectivity index (χ3v) is 3.99. The summed E-state index contributed by atoms with van der Waals surface area (Å²) in [6, 6.07) is 6.23. The molecule has 9 heteroatoms. The smallest absolute Gasteiger partial charge is 0.416 e. The average molecular weight is 398 g/mol. The second kappa shape index (κ2) is 7.00. The van der Waals surface area contributed by atoms with Gasteiger partial charge in [-0.3, -0.25) is 0 Å². The van der Waals surface area contributed by atoms with Crippen LogP contribution in [-0.2, 0) is 18.8 Å². The Bertz CT molecular complexity index is 771. The van der Waals surface area contributed by atoms with Crippen LogP contribution < -0.4 is 10.5 Å². The van der Waals surface area contributed by atoms with Crippen molar-refractivity contribution < 1.29 is 31.1 Å². The normalized spacial score (nSPS) is 16.7. The third-order valence-electron chi connectivity index (χ3n) is 3.99. The molecule has 0 amide bonds. The van der Waals surface area contributed by atoms with Crippen LogP contribution in [0, 0.1) is 0 Å². The Kier molecular flexibility index (Phi) is 5.49. The van der Waals surface area contributed by atoms with Crippen LogP contribution in [0.25, 0.3) is 11.1 Å². The summed E-state index contributed by atoms with van der Waals surface area (Å²) in [5.74, 6) is 0.283. The molecule has 1 aliphatic rings. The lowest BCUT2D eigenvalue weighted by Crippen LogP contribution is -2.24. The Morgan fingerprint density at radius 1 is 0.962 bits per heavy atom. The number of para-hydroxylation sites is 1. The van der Waals surface area contributed by atoms with Gasteiger partial charge in [-0.15, -0.1) is 12.4 Å². The number of rotatable bonds is 2. The molecular weight excluding hydrogens is 384 g/mol. The highest BCUT2D eigenvalue weighted by atomic mass is 35.5. The average Bonchev–Trinajstić information content (AvgIpc) is 2.96. The molecular formula is C17H14ClF6NO. The molecule has 1 aliphatic heterocycles. The molecule has 2 aromatic rings. The minimum absolute atomic E-state index is 0. The molecule has 0 bridgehead atoms. The van der Waals surface area contributed by atoms with E-state index in [1.165, 1.54) is 6.07 Å². The molecule has 0 saturated heterocycles. The van der Waals surface area contributed by atoms with Crippen LogP contribution in [-0.4, -0.2) is 12.6 Å². The number of hydrogen-bond acceptors (Lipinski definition) is 2. The highest BCUT2D eigenvalue weighted by molar-refractivity contribution is 5.85. The van der Waals surface area contributed by atoms with Crippen LogP contribution >= 0.6 is 12.4 Å². The van der Waals surface area contributed by atoms with Gasteiger partial charge in [0.25, 0.3) is 0 Å². The highest BCUT2D eigenvalue weighted by Gasteiger charge is 2.37. The van der Waals surface area contributed by atoms with Crippen LogP contribution in [0.4, 0.5) is 26.3 Å². The molecule has 0 aliphatic carbocycles. The summed E-state index contributed by atoms with van der Waals surface area (Å²) in [6.07, 6.45) is -9.67. The molecule has 3 rings (SSSR count). The zero-order valence-electron chi connectivity index (χ0n) is 13.1. The fraction of sp³-hybridized carbons (Fsp3) is 0.294. The molecule has 0 aromatic heterocycles. The van der Waals surface area contributed by atoms with Crippen molar-refractivity contribution in [3.05, 3.63) is 53.1 Å². The van der Waals surface area contributed by atoms with E-state index in [1.807, 2.05) is 0 Å². The van der Waals surface area contributed by atoms with Crippen molar-refractivity contribution in [2.24, 2.45) is 5.73 Å². The van der Waals surface area contributed by atoms with E-state index in [9.17, 15) is 26.3 Å². The number of halogens is 7. The fourth-order valence-corrected chi connectivity index (χ4v) is 2.81. The molecule has 1 atom stereocenters. The van der Waals surface area contributed by atoms with E-state index >= 15 is 0 Å². The summed E-state index contributed by atoms with van der Waals surface area (Å²) < 4.78 is 83.8. The first-order valence-electron chi connectivity index (χ1n) is 7.38. The first kappa shape index (κ1) is 20.4. The van der Waals surface area contributed by atoms with E-state index in [0.29, 0.717) is 24.1 Å². The topological polar surface area (TPSA) is 35.2 Å². The zero-order valence-corrected chi connectivity index (χ0v) is 13.9. The van der Waals surface area contributed by atoms with E-state index in [2.05, 4.69) is 0 Å². The van der Waals surface area contributed by atoms with Crippen molar-refractivity contribution in [1.82, 2.24) is 0 Å². The monoisotopic (exact) mass is 397 g/mol. The second-order valence-corrected chi connectivity index (χ2v) is 5.77. The van der Waals surface area contributed by atoms with Gasteiger partial charge in [0, 0.05) is 18.5 Å². The van der Waals surface area contributed by atoms with E-state index in [4.69, 9.17) is 10.5 Å². The minimum Gasteiger partial charge on any atom is -0.488 e. The van der Waals surface area contributed by atoms with Gasteiger partial charge in [-0.2, -0.15) is 26.3 Å². The lowest BCUT2D eigenvalue weighted by molar-refractivity contribution is -0.143. The summed E-state index contributed by atoms with van der Waals surface area (Å²) >= 11 is 0. The Morgan fingerprint density at radius 3 is 2.04 bits per heavy atom. The van der Waals surface area contributed by atoms with Gasteiger partial charge < -0.3 is 10.5 Å². The Hall–Kier alpha value is -1.93.